The Kier molecular flexibility index (Phi) is 4.97. The van der Waals surface area contributed by atoms with E-state index in [2.05, 4.69) is 10.3 Å². The maximum atomic E-state index is 12.1. The highest BCUT2D eigenvalue weighted by Gasteiger charge is 2.08. The average molecular weight is 301 g/mol. The van der Waals surface area contributed by atoms with Crippen LogP contribution >= 0.6 is 12.2 Å². The molecule has 108 valence electrons. The number of pyridine rings is 1. The van der Waals surface area contributed by atoms with Gasteiger partial charge in [-0.2, -0.15) is 0 Å². The molecule has 0 unspecified atom stereocenters. The lowest BCUT2D eigenvalue weighted by Gasteiger charge is -2.07. The Morgan fingerprint density at radius 3 is 2.81 bits per heavy atom. The number of carbonyl (C=O) groups excluding carboxylic acids is 1. The number of aromatic nitrogens is 1. The van der Waals surface area contributed by atoms with Crippen LogP contribution in [0.1, 0.15) is 21.6 Å². The second kappa shape index (κ2) is 6.92. The Morgan fingerprint density at radius 2 is 2.19 bits per heavy atom. The van der Waals surface area contributed by atoms with E-state index < -0.39 is 0 Å². The Labute approximate surface area is 128 Å². The van der Waals surface area contributed by atoms with Crippen LogP contribution in [0.5, 0.6) is 0 Å². The van der Waals surface area contributed by atoms with Gasteiger partial charge in [-0.05, 0) is 29.8 Å². The molecule has 1 aromatic heterocycles. The van der Waals surface area contributed by atoms with Gasteiger partial charge in [0.2, 0.25) is 0 Å². The topological polar surface area (TPSA) is 77.2 Å². The van der Waals surface area contributed by atoms with Crippen LogP contribution < -0.4 is 11.1 Å². The van der Waals surface area contributed by atoms with Crippen molar-refractivity contribution in [1.82, 2.24) is 4.98 Å². The quantitative estimate of drug-likeness (QED) is 0.827. The van der Waals surface area contributed by atoms with E-state index in [1.165, 1.54) is 6.20 Å². The first-order chi connectivity index (χ1) is 10.1. The fourth-order valence-corrected chi connectivity index (χ4v) is 1.90. The maximum Gasteiger partial charge on any atom is 0.274 e. The fourth-order valence-electron chi connectivity index (χ4n) is 1.77. The zero-order chi connectivity index (χ0) is 15.2. The maximum absolute atomic E-state index is 12.1. The van der Waals surface area contributed by atoms with Crippen LogP contribution in [-0.4, -0.2) is 23.0 Å². The van der Waals surface area contributed by atoms with Gasteiger partial charge in [0.1, 0.15) is 10.7 Å². The second-order valence-corrected chi connectivity index (χ2v) is 4.82. The predicted molar refractivity (Wildman–Crippen MR) is 85.2 cm³/mol. The van der Waals surface area contributed by atoms with Gasteiger partial charge in [0.25, 0.3) is 5.91 Å². The average Bonchev–Trinajstić information content (AvgIpc) is 2.48. The first-order valence-electron chi connectivity index (χ1n) is 6.25. The molecule has 3 N–H and O–H groups in total. The number of thiocarbonyl (C=S) groups is 1. The molecule has 6 heteroatoms. The molecule has 1 amide bonds. The molecule has 21 heavy (non-hydrogen) atoms. The fraction of sp³-hybridized carbons (Fsp3) is 0.133. The number of ether oxygens (including phenoxy) is 1. The van der Waals surface area contributed by atoms with Gasteiger partial charge in [-0.1, -0.05) is 24.4 Å². The van der Waals surface area contributed by atoms with Crippen molar-refractivity contribution in [1.29, 1.82) is 0 Å². The molecule has 0 atom stereocenters. The van der Waals surface area contributed by atoms with Gasteiger partial charge in [0, 0.05) is 24.6 Å². The second-order valence-electron chi connectivity index (χ2n) is 4.38. The summed E-state index contributed by atoms with van der Waals surface area (Å²) in [7, 11) is 1.62. The molecule has 1 aromatic carbocycles. The minimum absolute atomic E-state index is 0.252. The van der Waals surface area contributed by atoms with Crippen LogP contribution in [-0.2, 0) is 11.3 Å². The Hall–Kier alpha value is -2.31. The van der Waals surface area contributed by atoms with Crippen molar-refractivity contribution in [2.75, 3.05) is 12.4 Å². The lowest BCUT2D eigenvalue weighted by atomic mass is 10.2. The molecule has 2 rings (SSSR count). The molecule has 0 spiro atoms. The molecule has 5 nitrogen and oxygen atoms in total. The molecule has 1 heterocycles. The molecular formula is C15H15N3O2S. The summed E-state index contributed by atoms with van der Waals surface area (Å²) in [6.45, 7) is 0.491. The molecule has 0 aliphatic carbocycles. The number of amides is 1. The van der Waals surface area contributed by atoms with Gasteiger partial charge in [0.15, 0.2) is 0 Å². The van der Waals surface area contributed by atoms with Crippen molar-refractivity contribution in [2.45, 2.75) is 6.61 Å². The molecule has 0 saturated heterocycles. The first-order valence-corrected chi connectivity index (χ1v) is 6.66. The lowest BCUT2D eigenvalue weighted by Crippen LogP contribution is -2.15. The molecule has 0 saturated carbocycles. The summed E-state index contributed by atoms with van der Waals surface area (Å²) in [6.07, 6.45) is 1.48. The van der Waals surface area contributed by atoms with Crippen molar-refractivity contribution in [2.24, 2.45) is 5.73 Å². The van der Waals surface area contributed by atoms with Crippen LogP contribution in [0.3, 0.4) is 0 Å². The minimum Gasteiger partial charge on any atom is -0.389 e. The van der Waals surface area contributed by atoms with E-state index in [0.29, 0.717) is 23.6 Å². The van der Waals surface area contributed by atoms with E-state index in [4.69, 9.17) is 22.7 Å². The predicted octanol–water partition coefficient (Wildman–Crippen LogP) is 2.11. The lowest BCUT2D eigenvalue weighted by molar-refractivity contribution is 0.102. The molecule has 0 radical (unpaired) electrons. The standard InChI is InChI=1S/C15H15N3O2S/c1-20-9-10-3-2-4-12(7-10)18-15(19)13-6-5-11(8-17-13)14(16)21/h2-8H,9H2,1H3,(H2,16,21)(H,18,19). The molecule has 0 bridgehead atoms. The van der Waals surface area contributed by atoms with Crippen molar-refractivity contribution in [3.05, 3.63) is 59.4 Å². The Balaban J connectivity index is 2.10. The normalized spacial score (nSPS) is 10.1. The highest BCUT2D eigenvalue weighted by molar-refractivity contribution is 7.80. The van der Waals surface area contributed by atoms with Gasteiger partial charge < -0.3 is 15.8 Å². The highest BCUT2D eigenvalue weighted by atomic mass is 32.1. The third kappa shape index (κ3) is 4.08. The van der Waals surface area contributed by atoms with Gasteiger partial charge >= 0.3 is 0 Å². The van der Waals surface area contributed by atoms with Crippen LogP contribution in [0.15, 0.2) is 42.6 Å². The van der Waals surface area contributed by atoms with E-state index in [1.54, 1.807) is 25.3 Å². The summed E-state index contributed by atoms with van der Waals surface area (Å²) in [5.74, 6) is -0.293. The Bertz CT molecular complexity index is 656. The number of nitrogens with zero attached hydrogens (tertiary/aromatic N) is 1. The van der Waals surface area contributed by atoms with Crippen LogP contribution in [0.2, 0.25) is 0 Å². The smallest absolute Gasteiger partial charge is 0.274 e. The minimum atomic E-state index is -0.293. The number of rotatable bonds is 5. The monoisotopic (exact) mass is 301 g/mol. The summed E-state index contributed by atoms with van der Waals surface area (Å²) in [4.78, 5) is 16.4. The molecule has 0 fully saturated rings. The van der Waals surface area contributed by atoms with Gasteiger partial charge in [-0.15, -0.1) is 0 Å². The Morgan fingerprint density at radius 1 is 1.38 bits per heavy atom. The summed E-state index contributed by atoms with van der Waals surface area (Å²) < 4.78 is 5.06. The summed E-state index contributed by atoms with van der Waals surface area (Å²) in [6, 6.07) is 10.7. The number of benzene rings is 1. The molecule has 0 aliphatic heterocycles. The van der Waals surface area contributed by atoms with Crippen LogP contribution in [0.25, 0.3) is 0 Å². The van der Waals surface area contributed by atoms with Crippen molar-refractivity contribution in [3.8, 4) is 0 Å². The number of carbonyl (C=O) groups is 1. The summed E-state index contributed by atoms with van der Waals surface area (Å²) >= 11 is 4.84. The number of anilines is 1. The van der Waals surface area contributed by atoms with Crippen molar-refractivity contribution in [3.63, 3.8) is 0 Å². The third-order valence-electron chi connectivity index (χ3n) is 2.78. The number of hydrogen-bond acceptors (Lipinski definition) is 4. The number of nitrogens with two attached hydrogens (primary N) is 1. The number of methoxy groups -OCH3 is 1. The van der Waals surface area contributed by atoms with Crippen molar-refractivity contribution >= 4 is 28.8 Å². The van der Waals surface area contributed by atoms with Crippen LogP contribution in [0, 0.1) is 0 Å². The van der Waals surface area contributed by atoms with Gasteiger partial charge in [0.05, 0.1) is 6.61 Å². The van der Waals surface area contributed by atoms with E-state index in [9.17, 15) is 4.79 Å². The summed E-state index contributed by atoms with van der Waals surface area (Å²) in [5, 5.41) is 2.78. The van der Waals surface area contributed by atoms with Gasteiger partial charge in [-0.25, -0.2) is 0 Å². The van der Waals surface area contributed by atoms with E-state index in [0.717, 1.165) is 5.56 Å². The molecule has 2 aromatic rings. The highest BCUT2D eigenvalue weighted by Crippen LogP contribution is 2.12. The molecule has 0 aliphatic rings. The van der Waals surface area contributed by atoms with E-state index in [-0.39, 0.29) is 10.9 Å². The van der Waals surface area contributed by atoms with Crippen molar-refractivity contribution < 1.29 is 9.53 Å². The van der Waals surface area contributed by atoms with Crippen LogP contribution in [0.4, 0.5) is 5.69 Å². The zero-order valence-corrected chi connectivity index (χ0v) is 12.3. The summed E-state index contributed by atoms with van der Waals surface area (Å²) in [5.41, 5.74) is 8.08. The van der Waals surface area contributed by atoms with E-state index in [1.807, 2.05) is 18.2 Å². The third-order valence-corrected chi connectivity index (χ3v) is 3.01. The van der Waals surface area contributed by atoms with E-state index >= 15 is 0 Å². The number of nitrogens with one attached hydrogen (secondary N) is 1. The largest absolute Gasteiger partial charge is 0.389 e. The van der Waals surface area contributed by atoms with Gasteiger partial charge in [-0.3, -0.25) is 9.78 Å². The SMILES string of the molecule is COCc1cccc(NC(=O)c2ccc(C(N)=S)cn2)c1. The zero-order valence-electron chi connectivity index (χ0n) is 11.5. The first kappa shape index (κ1) is 15.1. The molecular weight excluding hydrogens is 286 g/mol. The number of hydrogen-bond donors (Lipinski definition) is 2.